The molecule has 0 fully saturated rings. The third-order valence-electron chi connectivity index (χ3n) is 3.64. The van der Waals surface area contributed by atoms with Crippen LogP contribution in [0.3, 0.4) is 0 Å². The molecule has 1 atom stereocenters. The lowest BCUT2D eigenvalue weighted by molar-refractivity contribution is 0.0619. The van der Waals surface area contributed by atoms with E-state index in [2.05, 4.69) is 10.3 Å². The number of benzene rings is 1. The Morgan fingerprint density at radius 1 is 1.41 bits per heavy atom. The molecule has 0 spiro atoms. The first-order valence-corrected chi connectivity index (χ1v) is 6.97. The zero-order valence-electron chi connectivity index (χ0n) is 12.6. The molecule has 0 radical (unpaired) electrons. The fourth-order valence-electron chi connectivity index (χ4n) is 2.71. The molecule has 5 nitrogen and oxygen atoms in total. The molecule has 1 aromatic heterocycles. The minimum absolute atomic E-state index is 0. The van der Waals surface area contributed by atoms with Gasteiger partial charge in [0.2, 0.25) is 0 Å². The molecule has 118 valence electrons. The van der Waals surface area contributed by atoms with E-state index in [0.29, 0.717) is 17.8 Å². The Kier molecular flexibility index (Phi) is 4.37. The number of anilines is 1. The van der Waals surface area contributed by atoms with Crippen molar-refractivity contribution in [3.05, 3.63) is 47.8 Å². The van der Waals surface area contributed by atoms with Crippen LogP contribution in [0.15, 0.2) is 36.5 Å². The Bertz CT molecular complexity index is 668. The number of rotatable bonds is 2. The number of amides is 1. The number of aromatic amines is 1. The maximum Gasteiger partial charge on any atom is 0.268 e. The zero-order chi connectivity index (χ0) is 15.0. The van der Waals surface area contributed by atoms with Crippen molar-refractivity contribution < 1.29 is 9.53 Å². The molecule has 3 rings (SSSR count). The van der Waals surface area contributed by atoms with E-state index in [-0.39, 0.29) is 30.0 Å². The summed E-state index contributed by atoms with van der Waals surface area (Å²) in [6.45, 7) is 4.03. The largest absolute Gasteiger partial charge is 0.487 e. The maximum absolute atomic E-state index is 12.3. The Morgan fingerprint density at radius 3 is 2.86 bits per heavy atom. The van der Waals surface area contributed by atoms with Gasteiger partial charge < -0.3 is 20.8 Å². The minimum atomic E-state index is -0.337. The summed E-state index contributed by atoms with van der Waals surface area (Å²) in [7, 11) is 0. The fourth-order valence-corrected chi connectivity index (χ4v) is 2.71. The van der Waals surface area contributed by atoms with E-state index < -0.39 is 0 Å². The number of ether oxygens (including phenoxy) is 1. The van der Waals surface area contributed by atoms with Crippen molar-refractivity contribution in [2.75, 3.05) is 5.73 Å². The number of hydrogen-bond donors (Lipinski definition) is 3. The predicted molar refractivity (Wildman–Crippen MR) is 88.4 cm³/mol. The van der Waals surface area contributed by atoms with Crippen LogP contribution in [-0.2, 0) is 0 Å². The van der Waals surface area contributed by atoms with Gasteiger partial charge in [0, 0.05) is 23.9 Å². The van der Waals surface area contributed by atoms with Crippen molar-refractivity contribution in [2.24, 2.45) is 0 Å². The van der Waals surface area contributed by atoms with Crippen LogP contribution in [0.2, 0.25) is 0 Å². The van der Waals surface area contributed by atoms with Crippen molar-refractivity contribution in [3.63, 3.8) is 0 Å². The van der Waals surface area contributed by atoms with Crippen LogP contribution in [0, 0.1) is 0 Å². The molecule has 0 aliphatic carbocycles. The van der Waals surface area contributed by atoms with Crippen LogP contribution in [0.4, 0.5) is 5.69 Å². The molecule has 2 aromatic rings. The van der Waals surface area contributed by atoms with Crippen molar-refractivity contribution in [1.29, 1.82) is 0 Å². The highest BCUT2D eigenvalue weighted by Gasteiger charge is 2.34. The monoisotopic (exact) mass is 321 g/mol. The Labute approximate surface area is 135 Å². The summed E-state index contributed by atoms with van der Waals surface area (Å²) in [6, 6.07) is 8.96. The second-order valence-electron chi connectivity index (χ2n) is 5.97. The number of nitrogen functional groups attached to an aromatic ring is 1. The van der Waals surface area contributed by atoms with Gasteiger partial charge in [-0.1, -0.05) is 0 Å². The number of nitrogens with two attached hydrogens (primary N) is 1. The number of carbonyl (C=O) groups is 1. The van der Waals surface area contributed by atoms with Gasteiger partial charge in [-0.05, 0) is 44.2 Å². The minimum Gasteiger partial charge on any atom is -0.487 e. The number of nitrogens with one attached hydrogen (secondary N) is 2. The van der Waals surface area contributed by atoms with E-state index in [1.54, 1.807) is 18.3 Å². The van der Waals surface area contributed by atoms with E-state index >= 15 is 0 Å². The quantitative estimate of drug-likeness (QED) is 0.744. The summed E-state index contributed by atoms with van der Waals surface area (Å²) >= 11 is 0. The van der Waals surface area contributed by atoms with Crippen LogP contribution < -0.4 is 15.8 Å². The van der Waals surface area contributed by atoms with E-state index in [4.69, 9.17) is 10.5 Å². The number of halogens is 1. The van der Waals surface area contributed by atoms with Gasteiger partial charge in [-0.25, -0.2) is 0 Å². The predicted octanol–water partition coefficient (Wildman–Crippen LogP) is 3.05. The summed E-state index contributed by atoms with van der Waals surface area (Å²) in [5.74, 6) is 0.647. The summed E-state index contributed by atoms with van der Waals surface area (Å²) in [6.07, 6.45) is 2.42. The molecule has 4 N–H and O–H groups in total. The standard InChI is InChI=1S/C16H19N3O2.ClH/c1-16(2)9-13(19-15(20)12-4-3-7-18-12)11-8-10(17)5-6-14(11)21-16;/h3-8,13,18H,9,17H2,1-2H3,(H,19,20);1H. The smallest absolute Gasteiger partial charge is 0.268 e. The molecule has 0 bridgehead atoms. The highest BCUT2D eigenvalue weighted by atomic mass is 35.5. The molecular weight excluding hydrogens is 302 g/mol. The lowest BCUT2D eigenvalue weighted by Crippen LogP contribution is -2.41. The van der Waals surface area contributed by atoms with Crippen LogP contribution in [0.1, 0.15) is 42.4 Å². The number of H-pyrrole nitrogens is 1. The van der Waals surface area contributed by atoms with E-state index in [1.807, 2.05) is 32.0 Å². The molecule has 1 aliphatic heterocycles. The van der Waals surface area contributed by atoms with Gasteiger partial charge in [0.15, 0.2) is 0 Å². The van der Waals surface area contributed by atoms with Gasteiger partial charge >= 0.3 is 0 Å². The second kappa shape index (κ2) is 5.93. The van der Waals surface area contributed by atoms with Gasteiger partial charge in [0.1, 0.15) is 17.0 Å². The summed E-state index contributed by atoms with van der Waals surface area (Å²) < 4.78 is 5.96. The fraction of sp³-hybridized carbons (Fsp3) is 0.312. The Hall–Kier alpha value is -2.14. The van der Waals surface area contributed by atoms with E-state index in [0.717, 1.165) is 11.3 Å². The van der Waals surface area contributed by atoms with Gasteiger partial charge in [-0.2, -0.15) is 0 Å². The van der Waals surface area contributed by atoms with Crippen LogP contribution in [0.25, 0.3) is 0 Å². The maximum atomic E-state index is 12.3. The lowest BCUT2D eigenvalue weighted by atomic mass is 9.89. The Morgan fingerprint density at radius 2 is 2.18 bits per heavy atom. The van der Waals surface area contributed by atoms with E-state index in [1.165, 1.54) is 0 Å². The molecule has 0 saturated heterocycles. The average Bonchev–Trinajstić information content (AvgIpc) is 2.93. The molecule has 0 saturated carbocycles. The summed E-state index contributed by atoms with van der Waals surface area (Å²) in [4.78, 5) is 15.2. The molecule has 2 heterocycles. The molecule has 1 unspecified atom stereocenters. The molecule has 1 aromatic carbocycles. The summed E-state index contributed by atoms with van der Waals surface area (Å²) in [5, 5.41) is 3.05. The van der Waals surface area contributed by atoms with Crippen LogP contribution in [-0.4, -0.2) is 16.5 Å². The first kappa shape index (κ1) is 16.2. The van der Waals surface area contributed by atoms with Crippen molar-refractivity contribution in [3.8, 4) is 5.75 Å². The number of carbonyl (C=O) groups excluding carboxylic acids is 1. The first-order chi connectivity index (χ1) is 9.94. The highest BCUT2D eigenvalue weighted by molar-refractivity contribution is 5.92. The van der Waals surface area contributed by atoms with Crippen molar-refractivity contribution >= 4 is 24.0 Å². The van der Waals surface area contributed by atoms with E-state index in [9.17, 15) is 4.79 Å². The molecule has 22 heavy (non-hydrogen) atoms. The Balaban J connectivity index is 0.00000176. The highest BCUT2D eigenvalue weighted by Crippen LogP contribution is 2.40. The SMILES string of the molecule is CC1(C)CC(NC(=O)c2ccc[nH]2)c2cc(N)ccc2O1.Cl. The van der Waals surface area contributed by atoms with Crippen LogP contribution >= 0.6 is 12.4 Å². The number of aromatic nitrogens is 1. The summed E-state index contributed by atoms with van der Waals surface area (Å²) in [5.41, 5.74) is 7.66. The second-order valence-corrected chi connectivity index (χ2v) is 5.97. The third kappa shape index (κ3) is 3.20. The van der Waals surface area contributed by atoms with Crippen LogP contribution in [0.5, 0.6) is 5.75 Å². The number of fused-ring (bicyclic) bond motifs is 1. The van der Waals surface area contributed by atoms with Gasteiger partial charge in [-0.15, -0.1) is 12.4 Å². The topological polar surface area (TPSA) is 80.1 Å². The lowest BCUT2D eigenvalue weighted by Gasteiger charge is -2.38. The van der Waals surface area contributed by atoms with Gasteiger partial charge in [0.05, 0.1) is 6.04 Å². The first-order valence-electron chi connectivity index (χ1n) is 6.97. The molecule has 6 heteroatoms. The third-order valence-corrected chi connectivity index (χ3v) is 3.64. The number of hydrogen-bond acceptors (Lipinski definition) is 3. The molecular formula is C16H20ClN3O2. The van der Waals surface area contributed by atoms with Gasteiger partial charge in [-0.3, -0.25) is 4.79 Å². The molecule has 1 amide bonds. The van der Waals surface area contributed by atoms with Gasteiger partial charge in [0.25, 0.3) is 5.91 Å². The average molecular weight is 322 g/mol. The van der Waals surface area contributed by atoms with Crippen molar-refractivity contribution in [1.82, 2.24) is 10.3 Å². The van der Waals surface area contributed by atoms with Crippen molar-refractivity contribution in [2.45, 2.75) is 31.9 Å². The zero-order valence-corrected chi connectivity index (χ0v) is 13.4. The normalized spacial score (nSPS) is 18.5. The molecule has 1 aliphatic rings.